The molecule has 2 rings (SSSR count). The van der Waals surface area contributed by atoms with E-state index in [9.17, 15) is 4.79 Å². The first-order valence-corrected chi connectivity index (χ1v) is 7.72. The third-order valence-electron chi connectivity index (χ3n) is 3.80. The Morgan fingerprint density at radius 2 is 1.86 bits per heavy atom. The Labute approximate surface area is 127 Å². The van der Waals surface area contributed by atoms with Crippen LogP contribution >= 0.6 is 0 Å². The number of carbonyl (C=O) groups excluding carboxylic acids is 1. The highest BCUT2D eigenvalue weighted by Crippen LogP contribution is 2.13. The molecule has 0 saturated carbocycles. The number of likely N-dealkylation sites (tertiary alicyclic amines) is 1. The molecule has 1 aliphatic heterocycles. The van der Waals surface area contributed by atoms with Crippen LogP contribution in [0.2, 0.25) is 0 Å². The van der Waals surface area contributed by atoms with Crippen molar-refractivity contribution >= 4 is 5.97 Å². The Hall–Kier alpha value is -1.55. The standard InChI is InChI=1S/C17H25NO3/c1-14(13-18-10-4-3-5-11-18)21-17(19)12-15-6-8-16(20-2)9-7-15/h6-9,14H,3-5,10-13H2,1-2H3/t14-/m1/s1. The quantitative estimate of drug-likeness (QED) is 0.755. The molecule has 4 heteroatoms. The maximum Gasteiger partial charge on any atom is 0.310 e. The monoisotopic (exact) mass is 291 g/mol. The molecule has 0 aromatic heterocycles. The lowest BCUT2D eigenvalue weighted by Gasteiger charge is -2.28. The van der Waals surface area contributed by atoms with E-state index in [-0.39, 0.29) is 12.1 Å². The molecule has 21 heavy (non-hydrogen) atoms. The van der Waals surface area contributed by atoms with E-state index >= 15 is 0 Å². The highest BCUT2D eigenvalue weighted by molar-refractivity contribution is 5.72. The van der Waals surface area contributed by atoms with Gasteiger partial charge in [-0.25, -0.2) is 0 Å². The summed E-state index contributed by atoms with van der Waals surface area (Å²) in [5, 5.41) is 0. The zero-order valence-corrected chi connectivity index (χ0v) is 13.0. The van der Waals surface area contributed by atoms with Gasteiger partial charge in [0.2, 0.25) is 0 Å². The van der Waals surface area contributed by atoms with Gasteiger partial charge in [0.05, 0.1) is 13.5 Å². The molecule has 0 aliphatic carbocycles. The number of carbonyl (C=O) groups is 1. The van der Waals surface area contributed by atoms with Crippen molar-refractivity contribution in [1.29, 1.82) is 0 Å². The predicted molar refractivity (Wildman–Crippen MR) is 82.5 cm³/mol. The molecule has 1 heterocycles. The van der Waals surface area contributed by atoms with Gasteiger partial charge in [-0.3, -0.25) is 9.69 Å². The fourth-order valence-electron chi connectivity index (χ4n) is 2.72. The summed E-state index contributed by atoms with van der Waals surface area (Å²) in [6.07, 6.45) is 4.10. The first-order valence-electron chi connectivity index (χ1n) is 7.72. The van der Waals surface area contributed by atoms with E-state index in [0.717, 1.165) is 30.9 Å². The van der Waals surface area contributed by atoms with Gasteiger partial charge in [-0.05, 0) is 50.6 Å². The van der Waals surface area contributed by atoms with Crippen molar-refractivity contribution in [3.05, 3.63) is 29.8 Å². The van der Waals surface area contributed by atoms with Crippen LogP contribution in [0.1, 0.15) is 31.7 Å². The molecular weight excluding hydrogens is 266 g/mol. The smallest absolute Gasteiger partial charge is 0.310 e. The van der Waals surface area contributed by atoms with Gasteiger partial charge in [-0.1, -0.05) is 18.6 Å². The summed E-state index contributed by atoms with van der Waals surface area (Å²) in [5.41, 5.74) is 0.950. The molecule has 1 saturated heterocycles. The Balaban J connectivity index is 1.74. The van der Waals surface area contributed by atoms with E-state index in [2.05, 4.69) is 4.90 Å². The highest BCUT2D eigenvalue weighted by atomic mass is 16.5. The van der Waals surface area contributed by atoms with E-state index in [4.69, 9.17) is 9.47 Å². The van der Waals surface area contributed by atoms with Gasteiger partial charge in [-0.2, -0.15) is 0 Å². The minimum atomic E-state index is -0.162. The summed E-state index contributed by atoms with van der Waals surface area (Å²) in [7, 11) is 1.63. The van der Waals surface area contributed by atoms with Crippen LogP contribution < -0.4 is 4.74 Å². The second-order valence-electron chi connectivity index (χ2n) is 5.69. The summed E-state index contributed by atoms with van der Waals surface area (Å²) in [6, 6.07) is 7.52. The fourth-order valence-corrected chi connectivity index (χ4v) is 2.72. The van der Waals surface area contributed by atoms with Gasteiger partial charge in [0, 0.05) is 6.54 Å². The molecule has 1 aliphatic rings. The van der Waals surface area contributed by atoms with Gasteiger partial charge in [0.25, 0.3) is 0 Å². The van der Waals surface area contributed by atoms with E-state index in [1.165, 1.54) is 19.3 Å². The topological polar surface area (TPSA) is 38.8 Å². The number of nitrogens with zero attached hydrogens (tertiary/aromatic N) is 1. The molecule has 0 spiro atoms. The maximum atomic E-state index is 11.9. The molecule has 116 valence electrons. The highest BCUT2D eigenvalue weighted by Gasteiger charge is 2.16. The van der Waals surface area contributed by atoms with Crippen LogP contribution in [0.4, 0.5) is 0 Å². The second-order valence-corrected chi connectivity index (χ2v) is 5.69. The van der Waals surface area contributed by atoms with Crippen molar-refractivity contribution in [3.8, 4) is 5.75 Å². The van der Waals surface area contributed by atoms with E-state index in [0.29, 0.717) is 6.42 Å². The van der Waals surface area contributed by atoms with E-state index in [1.54, 1.807) is 7.11 Å². The van der Waals surface area contributed by atoms with Gasteiger partial charge in [-0.15, -0.1) is 0 Å². The van der Waals surface area contributed by atoms with Crippen LogP contribution in [0, 0.1) is 0 Å². The van der Waals surface area contributed by atoms with Crippen molar-refractivity contribution in [2.45, 2.75) is 38.7 Å². The molecule has 1 aromatic rings. The third kappa shape index (κ3) is 5.38. The molecule has 0 unspecified atom stereocenters. The number of hydrogen-bond acceptors (Lipinski definition) is 4. The number of piperidine rings is 1. The molecule has 0 radical (unpaired) electrons. The Kier molecular flexibility index (Phi) is 6.05. The predicted octanol–water partition coefficient (Wildman–Crippen LogP) is 2.66. The van der Waals surface area contributed by atoms with Gasteiger partial charge >= 0.3 is 5.97 Å². The second kappa shape index (κ2) is 8.03. The molecule has 0 bridgehead atoms. The Morgan fingerprint density at radius 1 is 1.19 bits per heavy atom. The summed E-state index contributed by atoms with van der Waals surface area (Å²) in [6.45, 7) is 5.07. The molecule has 1 fully saturated rings. The number of esters is 1. The van der Waals surface area contributed by atoms with Crippen LogP contribution in [0.3, 0.4) is 0 Å². The average molecular weight is 291 g/mol. The van der Waals surface area contributed by atoms with Gasteiger partial charge in [0.15, 0.2) is 0 Å². The van der Waals surface area contributed by atoms with E-state index in [1.807, 2.05) is 31.2 Å². The molecule has 1 atom stereocenters. The number of ether oxygens (including phenoxy) is 2. The lowest BCUT2D eigenvalue weighted by molar-refractivity contribution is -0.148. The molecule has 4 nitrogen and oxygen atoms in total. The molecule has 0 N–H and O–H groups in total. The maximum absolute atomic E-state index is 11.9. The van der Waals surface area contributed by atoms with Crippen molar-refractivity contribution in [1.82, 2.24) is 4.90 Å². The minimum absolute atomic E-state index is 0.0474. The van der Waals surface area contributed by atoms with Crippen molar-refractivity contribution in [2.24, 2.45) is 0 Å². The zero-order valence-electron chi connectivity index (χ0n) is 13.0. The van der Waals surface area contributed by atoms with Gasteiger partial charge in [0.1, 0.15) is 11.9 Å². The number of rotatable bonds is 6. The van der Waals surface area contributed by atoms with Crippen LogP contribution in [-0.4, -0.2) is 43.7 Å². The lowest BCUT2D eigenvalue weighted by Crippen LogP contribution is -2.37. The van der Waals surface area contributed by atoms with Crippen molar-refractivity contribution < 1.29 is 14.3 Å². The molecule has 1 aromatic carbocycles. The minimum Gasteiger partial charge on any atom is -0.497 e. The number of hydrogen-bond donors (Lipinski definition) is 0. The zero-order chi connectivity index (χ0) is 15.1. The van der Waals surface area contributed by atoms with Crippen LogP contribution in [-0.2, 0) is 16.0 Å². The normalized spacial score (nSPS) is 17.2. The summed E-state index contributed by atoms with van der Waals surface area (Å²) in [5.74, 6) is 0.635. The SMILES string of the molecule is COc1ccc(CC(=O)O[C@H](C)CN2CCCCC2)cc1. The fraction of sp³-hybridized carbons (Fsp3) is 0.588. The van der Waals surface area contributed by atoms with Crippen LogP contribution in [0.25, 0.3) is 0 Å². The first kappa shape index (κ1) is 15.8. The van der Waals surface area contributed by atoms with Crippen LogP contribution in [0.15, 0.2) is 24.3 Å². The van der Waals surface area contributed by atoms with Crippen LogP contribution in [0.5, 0.6) is 5.75 Å². The largest absolute Gasteiger partial charge is 0.497 e. The third-order valence-corrected chi connectivity index (χ3v) is 3.80. The lowest BCUT2D eigenvalue weighted by atomic mass is 10.1. The summed E-state index contributed by atoms with van der Waals surface area (Å²) >= 11 is 0. The van der Waals surface area contributed by atoms with Gasteiger partial charge < -0.3 is 9.47 Å². The van der Waals surface area contributed by atoms with E-state index < -0.39 is 0 Å². The van der Waals surface area contributed by atoms with Crippen molar-refractivity contribution in [3.63, 3.8) is 0 Å². The molecule has 0 amide bonds. The summed E-state index contributed by atoms with van der Waals surface area (Å²) in [4.78, 5) is 14.3. The summed E-state index contributed by atoms with van der Waals surface area (Å²) < 4.78 is 10.6. The molecular formula is C17H25NO3. The Bertz CT molecular complexity index is 438. The van der Waals surface area contributed by atoms with Crippen molar-refractivity contribution in [2.75, 3.05) is 26.7 Å². The number of methoxy groups -OCH3 is 1. The first-order chi connectivity index (χ1) is 10.2. The average Bonchev–Trinajstić information content (AvgIpc) is 2.48. The number of benzene rings is 1. The Morgan fingerprint density at radius 3 is 2.48 bits per heavy atom.